The Balaban J connectivity index is 2.02. The van der Waals surface area contributed by atoms with Gasteiger partial charge in [-0.05, 0) is 30.5 Å². The summed E-state index contributed by atoms with van der Waals surface area (Å²) in [6, 6.07) is 11.8. The summed E-state index contributed by atoms with van der Waals surface area (Å²) in [6.07, 6.45) is 6.80. The van der Waals surface area contributed by atoms with E-state index in [0.29, 0.717) is 6.42 Å². The normalized spacial score (nSPS) is 12.1. The fraction of sp³-hybridized carbons (Fsp3) is 0.450. The number of aromatic nitrogens is 1. The molecule has 0 aliphatic heterocycles. The molecule has 2 rings (SSSR count). The van der Waals surface area contributed by atoms with Crippen molar-refractivity contribution in [2.24, 2.45) is 0 Å². The molecule has 0 aliphatic rings. The molecule has 0 fully saturated rings. The molecular formula is C20H27NO2. The molecule has 0 bridgehead atoms. The van der Waals surface area contributed by atoms with Gasteiger partial charge in [0.1, 0.15) is 5.75 Å². The molecule has 2 aromatic rings. The summed E-state index contributed by atoms with van der Waals surface area (Å²) < 4.78 is 5.73. The van der Waals surface area contributed by atoms with Crippen molar-refractivity contribution in [1.29, 1.82) is 0 Å². The molecule has 1 aromatic heterocycles. The summed E-state index contributed by atoms with van der Waals surface area (Å²) >= 11 is 0. The van der Waals surface area contributed by atoms with Crippen molar-refractivity contribution >= 4 is 0 Å². The van der Waals surface area contributed by atoms with Gasteiger partial charge in [0.15, 0.2) is 0 Å². The van der Waals surface area contributed by atoms with Crippen molar-refractivity contribution in [3.05, 3.63) is 48.2 Å². The molecule has 3 heteroatoms. The quantitative estimate of drug-likeness (QED) is 0.651. The van der Waals surface area contributed by atoms with Crippen LogP contribution in [-0.2, 0) is 0 Å². The number of pyridine rings is 1. The first kappa shape index (κ1) is 17.5. The summed E-state index contributed by atoms with van der Waals surface area (Å²) in [5, 5.41) is 10.2. The summed E-state index contributed by atoms with van der Waals surface area (Å²) in [7, 11) is 0. The Hall–Kier alpha value is -1.87. The Morgan fingerprint density at radius 2 is 1.87 bits per heavy atom. The number of aliphatic hydroxyl groups excluding tert-OH is 1. The van der Waals surface area contributed by atoms with Gasteiger partial charge in [0.25, 0.3) is 0 Å². The van der Waals surface area contributed by atoms with E-state index in [2.05, 4.69) is 11.9 Å². The first-order valence-corrected chi connectivity index (χ1v) is 8.62. The van der Waals surface area contributed by atoms with E-state index in [1.54, 1.807) is 6.20 Å². The Labute approximate surface area is 139 Å². The number of hydrogen-bond donors (Lipinski definition) is 1. The minimum absolute atomic E-state index is 0.456. The summed E-state index contributed by atoms with van der Waals surface area (Å²) in [4.78, 5) is 4.51. The third kappa shape index (κ3) is 5.07. The van der Waals surface area contributed by atoms with Crippen LogP contribution in [0.4, 0.5) is 0 Å². The summed E-state index contributed by atoms with van der Waals surface area (Å²) in [6.45, 7) is 4.92. The van der Waals surface area contributed by atoms with Crippen LogP contribution in [-0.4, -0.2) is 16.7 Å². The average molecular weight is 313 g/mol. The van der Waals surface area contributed by atoms with E-state index in [0.717, 1.165) is 35.6 Å². The topological polar surface area (TPSA) is 42.4 Å². The SMILES string of the molecule is CCCCCCOc1ccc(-c2ccccc2C(O)CC)nc1. The van der Waals surface area contributed by atoms with Crippen LogP contribution < -0.4 is 4.74 Å². The van der Waals surface area contributed by atoms with E-state index in [9.17, 15) is 5.11 Å². The van der Waals surface area contributed by atoms with Gasteiger partial charge in [0.2, 0.25) is 0 Å². The third-order valence-electron chi connectivity index (χ3n) is 3.99. The Kier molecular flexibility index (Phi) is 7.08. The Morgan fingerprint density at radius 3 is 2.57 bits per heavy atom. The number of unbranched alkanes of at least 4 members (excludes halogenated alkanes) is 3. The molecule has 0 saturated heterocycles. The molecule has 1 unspecified atom stereocenters. The Bertz CT molecular complexity index is 580. The van der Waals surface area contributed by atoms with Gasteiger partial charge in [-0.25, -0.2) is 0 Å². The van der Waals surface area contributed by atoms with Crippen LogP contribution in [0.5, 0.6) is 5.75 Å². The van der Waals surface area contributed by atoms with Crippen LogP contribution in [0.15, 0.2) is 42.6 Å². The molecule has 3 nitrogen and oxygen atoms in total. The second-order valence-corrected chi connectivity index (χ2v) is 5.80. The molecule has 0 amide bonds. The van der Waals surface area contributed by atoms with Gasteiger partial charge in [-0.3, -0.25) is 4.98 Å². The zero-order chi connectivity index (χ0) is 16.5. The molecule has 1 N–H and O–H groups in total. The molecule has 0 spiro atoms. The van der Waals surface area contributed by atoms with E-state index < -0.39 is 6.10 Å². The summed E-state index contributed by atoms with van der Waals surface area (Å²) in [5.74, 6) is 0.804. The van der Waals surface area contributed by atoms with Crippen LogP contribution in [0.1, 0.15) is 57.6 Å². The lowest BCUT2D eigenvalue weighted by Crippen LogP contribution is -2.00. The third-order valence-corrected chi connectivity index (χ3v) is 3.99. The molecule has 1 aromatic carbocycles. The zero-order valence-corrected chi connectivity index (χ0v) is 14.2. The van der Waals surface area contributed by atoms with E-state index in [-0.39, 0.29) is 0 Å². The number of aliphatic hydroxyl groups is 1. The number of ether oxygens (including phenoxy) is 1. The van der Waals surface area contributed by atoms with Crippen LogP contribution in [0.3, 0.4) is 0 Å². The lowest BCUT2D eigenvalue weighted by Gasteiger charge is -2.14. The van der Waals surface area contributed by atoms with Crippen molar-refractivity contribution in [2.75, 3.05) is 6.61 Å². The maximum absolute atomic E-state index is 10.2. The molecule has 23 heavy (non-hydrogen) atoms. The van der Waals surface area contributed by atoms with E-state index in [4.69, 9.17) is 4.74 Å². The van der Waals surface area contributed by atoms with Gasteiger partial charge >= 0.3 is 0 Å². The maximum Gasteiger partial charge on any atom is 0.137 e. The van der Waals surface area contributed by atoms with Gasteiger partial charge in [0.05, 0.1) is 24.6 Å². The molecule has 124 valence electrons. The van der Waals surface area contributed by atoms with Crippen LogP contribution in [0.25, 0.3) is 11.3 Å². The average Bonchev–Trinajstić information content (AvgIpc) is 2.61. The molecule has 0 saturated carbocycles. The summed E-state index contributed by atoms with van der Waals surface area (Å²) in [5.41, 5.74) is 2.78. The van der Waals surface area contributed by atoms with Gasteiger partial charge in [0, 0.05) is 5.56 Å². The molecular weight excluding hydrogens is 286 g/mol. The number of hydrogen-bond acceptors (Lipinski definition) is 3. The van der Waals surface area contributed by atoms with Crippen molar-refractivity contribution in [3.8, 4) is 17.0 Å². The van der Waals surface area contributed by atoms with Crippen molar-refractivity contribution in [2.45, 2.75) is 52.1 Å². The predicted octanol–water partition coefficient (Wildman–Crippen LogP) is 5.15. The van der Waals surface area contributed by atoms with E-state index in [1.165, 1.54) is 19.3 Å². The highest BCUT2D eigenvalue weighted by molar-refractivity contribution is 5.64. The molecule has 0 radical (unpaired) electrons. The van der Waals surface area contributed by atoms with Crippen LogP contribution in [0, 0.1) is 0 Å². The largest absolute Gasteiger partial charge is 0.492 e. The van der Waals surface area contributed by atoms with Crippen molar-refractivity contribution < 1.29 is 9.84 Å². The fourth-order valence-electron chi connectivity index (χ4n) is 2.58. The monoisotopic (exact) mass is 313 g/mol. The second kappa shape index (κ2) is 9.31. The first-order chi connectivity index (χ1) is 11.3. The first-order valence-electron chi connectivity index (χ1n) is 8.62. The smallest absolute Gasteiger partial charge is 0.137 e. The lowest BCUT2D eigenvalue weighted by atomic mass is 9.98. The highest BCUT2D eigenvalue weighted by Gasteiger charge is 2.12. The van der Waals surface area contributed by atoms with E-state index in [1.807, 2.05) is 43.3 Å². The van der Waals surface area contributed by atoms with Crippen LogP contribution in [0.2, 0.25) is 0 Å². The molecule has 1 heterocycles. The van der Waals surface area contributed by atoms with Crippen molar-refractivity contribution in [1.82, 2.24) is 4.98 Å². The highest BCUT2D eigenvalue weighted by Crippen LogP contribution is 2.29. The van der Waals surface area contributed by atoms with Gasteiger partial charge in [-0.2, -0.15) is 0 Å². The predicted molar refractivity (Wildman–Crippen MR) is 94.6 cm³/mol. The Morgan fingerprint density at radius 1 is 1.04 bits per heavy atom. The minimum atomic E-state index is -0.456. The second-order valence-electron chi connectivity index (χ2n) is 5.80. The number of rotatable bonds is 9. The molecule has 1 atom stereocenters. The standard InChI is InChI=1S/C20H27NO2/c1-3-5-6-9-14-23-16-12-13-19(21-15-16)17-10-7-8-11-18(17)20(22)4-2/h7-8,10-13,15,20,22H,3-6,9,14H2,1-2H3. The lowest BCUT2D eigenvalue weighted by molar-refractivity contribution is 0.174. The van der Waals surface area contributed by atoms with E-state index >= 15 is 0 Å². The van der Waals surface area contributed by atoms with Crippen LogP contribution >= 0.6 is 0 Å². The van der Waals surface area contributed by atoms with Gasteiger partial charge in [-0.1, -0.05) is 57.4 Å². The van der Waals surface area contributed by atoms with Gasteiger partial charge in [-0.15, -0.1) is 0 Å². The number of benzene rings is 1. The van der Waals surface area contributed by atoms with Crippen molar-refractivity contribution in [3.63, 3.8) is 0 Å². The highest BCUT2D eigenvalue weighted by atomic mass is 16.5. The van der Waals surface area contributed by atoms with Gasteiger partial charge < -0.3 is 9.84 Å². The molecule has 0 aliphatic carbocycles. The fourth-order valence-corrected chi connectivity index (χ4v) is 2.58. The number of nitrogens with zero attached hydrogens (tertiary/aromatic N) is 1. The minimum Gasteiger partial charge on any atom is -0.492 e. The maximum atomic E-state index is 10.2. The zero-order valence-electron chi connectivity index (χ0n) is 14.2.